The van der Waals surface area contributed by atoms with Crippen molar-refractivity contribution < 1.29 is 24.5 Å². The van der Waals surface area contributed by atoms with Crippen LogP contribution in [0.3, 0.4) is 0 Å². The molecule has 5 fully saturated rings. The molecule has 36 heavy (non-hydrogen) atoms. The molecule has 1 saturated heterocycles. The predicted molar refractivity (Wildman–Crippen MR) is 134 cm³/mol. The van der Waals surface area contributed by atoms with Gasteiger partial charge in [-0.05, 0) is 80.8 Å². The molecule has 0 aromatic carbocycles. The predicted octanol–water partition coefficient (Wildman–Crippen LogP) is 2.65. The Hall–Kier alpha value is -1.74. The van der Waals surface area contributed by atoms with Crippen molar-refractivity contribution in [1.82, 2.24) is 5.01 Å². The smallest absolute Gasteiger partial charge is 0.335 e. The Balaban J connectivity index is 1.36. The molecular formula is C28H40N2O6. The number of hydrogen-bond donors (Lipinski definition) is 3. The van der Waals surface area contributed by atoms with Crippen LogP contribution in [-0.4, -0.2) is 70.2 Å². The maximum absolute atomic E-state index is 12.5. The maximum atomic E-state index is 12.5. The van der Waals surface area contributed by atoms with E-state index >= 15 is 0 Å². The van der Waals surface area contributed by atoms with Crippen LogP contribution in [-0.2, 0) is 4.74 Å². The number of nitrogens with zero attached hydrogens (tertiary/aromatic N) is 2. The minimum absolute atomic E-state index is 0.0450. The molecule has 0 unspecified atom stereocenters. The van der Waals surface area contributed by atoms with Crippen molar-refractivity contribution in [3.8, 4) is 0 Å². The van der Waals surface area contributed by atoms with E-state index in [-0.39, 0.29) is 28.8 Å². The topological polar surface area (TPSA) is 116 Å². The SMILES string of the molecule is C[C@]12CC[C@H]3[C@@H](CC[C@]4(O)C[C@@H](O)CC[C@]34/C=N/N3CCOCC3)[C@@]1(O)CC[C@@H]2c1ccc(=O)oc1. The Labute approximate surface area is 212 Å². The van der Waals surface area contributed by atoms with Gasteiger partial charge >= 0.3 is 5.63 Å². The van der Waals surface area contributed by atoms with Gasteiger partial charge in [-0.1, -0.05) is 6.92 Å². The first-order valence-corrected chi connectivity index (χ1v) is 13.8. The van der Waals surface area contributed by atoms with Gasteiger partial charge in [0.1, 0.15) is 0 Å². The number of fused-ring (bicyclic) bond motifs is 5. The maximum Gasteiger partial charge on any atom is 0.335 e. The summed E-state index contributed by atoms with van der Waals surface area (Å²) in [6, 6.07) is 3.34. The molecule has 0 radical (unpaired) electrons. The van der Waals surface area contributed by atoms with Gasteiger partial charge < -0.3 is 24.5 Å². The first-order chi connectivity index (χ1) is 17.2. The number of hydrazone groups is 1. The minimum Gasteiger partial charge on any atom is -0.431 e. The Morgan fingerprint density at radius 2 is 1.81 bits per heavy atom. The normalized spacial score (nSPS) is 46.8. The van der Waals surface area contributed by atoms with Crippen molar-refractivity contribution in [3.63, 3.8) is 0 Å². The fraction of sp³-hybridized carbons (Fsp3) is 0.786. The van der Waals surface area contributed by atoms with Crippen LogP contribution in [0.2, 0.25) is 0 Å². The third-order valence-electron chi connectivity index (χ3n) is 11.1. The quantitative estimate of drug-likeness (QED) is 0.547. The van der Waals surface area contributed by atoms with Gasteiger partial charge in [-0.2, -0.15) is 5.10 Å². The lowest BCUT2D eigenvalue weighted by Gasteiger charge is -2.65. The zero-order valence-electron chi connectivity index (χ0n) is 21.3. The molecule has 0 amide bonds. The summed E-state index contributed by atoms with van der Waals surface area (Å²) in [6.07, 6.45) is 9.36. The summed E-state index contributed by atoms with van der Waals surface area (Å²) < 4.78 is 10.7. The van der Waals surface area contributed by atoms with E-state index in [1.807, 2.05) is 17.3 Å². The van der Waals surface area contributed by atoms with E-state index in [9.17, 15) is 20.1 Å². The number of rotatable bonds is 3. The molecule has 4 aliphatic carbocycles. The average Bonchev–Trinajstić information content (AvgIpc) is 3.15. The minimum atomic E-state index is -1.02. The number of aliphatic hydroxyl groups is 3. The lowest BCUT2D eigenvalue weighted by molar-refractivity contribution is -0.235. The first kappa shape index (κ1) is 24.6. The van der Waals surface area contributed by atoms with E-state index in [1.54, 1.807) is 6.26 Å². The van der Waals surface area contributed by atoms with Gasteiger partial charge in [-0.3, -0.25) is 5.01 Å². The zero-order valence-corrected chi connectivity index (χ0v) is 21.3. The van der Waals surface area contributed by atoms with Gasteiger partial charge in [0, 0.05) is 29.5 Å². The van der Waals surface area contributed by atoms with Crippen molar-refractivity contribution in [1.29, 1.82) is 0 Å². The van der Waals surface area contributed by atoms with Crippen LogP contribution >= 0.6 is 0 Å². The molecule has 4 saturated carbocycles. The molecule has 198 valence electrons. The van der Waals surface area contributed by atoms with Crippen LogP contribution in [0.1, 0.15) is 76.2 Å². The molecule has 2 heterocycles. The van der Waals surface area contributed by atoms with E-state index in [0.717, 1.165) is 44.3 Å². The highest BCUT2D eigenvalue weighted by Gasteiger charge is 2.70. The Kier molecular flexibility index (Phi) is 5.91. The fourth-order valence-electron chi connectivity index (χ4n) is 9.13. The average molecular weight is 501 g/mol. The molecular weight excluding hydrogens is 460 g/mol. The molecule has 1 aromatic heterocycles. The molecule has 1 aromatic rings. The Morgan fingerprint density at radius 3 is 2.56 bits per heavy atom. The van der Waals surface area contributed by atoms with E-state index in [2.05, 4.69) is 6.92 Å². The molecule has 6 rings (SSSR count). The van der Waals surface area contributed by atoms with Crippen LogP contribution in [0.15, 0.2) is 32.7 Å². The van der Waals surface area contributed by atoms with Gasteiger partial charge in [-0.15, -0.1) is 0 Å². The lowest BCUT2D eigenvalue weighted by Crippen LogP contribution is -2.68. The van der Waals surface area contributed by atoms with Crippen LogP contribution in [0, 0.1) is 22.7 Å². The van der Waals surface area contributed by atoms with E-state index in [1.165, 1.54) is 6.07 Å². The summed E-state index contributed by atoms with van der Waals surface area (Å²) in [6.45, 7) is 4.99. The van der Waals surface area contributed by atoms with Crippen molar-refractivity contribution in [2.24, 2.45) is 27.8 Å². The first-order valence-electron chi connectivity index (χ1n) is 13.8. The summed E-state index contributed by atoms with van der Waals surface area (Å²) in [7, 11) is 0. The number of morpholine rings is 1. The Morgan fingerprint density at radius 1 is 1.03 bits per heavy atom. The van der Waals surface area contributed by atoms with Gasteiger partial charge in [0.2, 0.25) is 0 Å². The molecule has 8 nitrogen and oxygen atoms in total. The van der Waals surface area contributed by atoms with E-state index < -0.39 is 22.7 Å². The summed E-state index contributed by atoms with van der Waals surface area (Å²) in [5, 5.41) is 42.1. The number of hydrogen-bond acceptors (Lipinski definition) is 8. The standard InChI is InChI=1S/C28H40N2O6/c1-25-8-5-22-23(28(25,34)11-7-21(25)19-2-3-24(32)36-17-19)6-10-27(33)16-20(31)4-9-26(22,27)18-29-30-12-14-35-15-13-30/h2-3,17-18,20-23,31,33-34H,4-16H2,1H3/b29-18+/t20-,21+,22-,23+,25+,26-,27-,28-/m0/s1. The van der Waals surface area contributed by atoms with Crippen LogP contribution in [0.4, 0.5) is 0 Å². The van der Waals surface area contributed by atoms with Crippen LogP contribution < -0.4 is 5.63 Å². The largest absolute Gasteiger partial charge is 0.431 e. The van der Waals surface area contributed by atoms with Crippen molar-refractivity contribution in [3.05, 3.63) is 34.4 Å². The van der Waals surface area contributed by atoms with Crippen LogP contribution in [0.25, 0.3) is 0 Å². The Bertz CT molecular complexity index is 1050. The molecule has 0 bridgehead atoms. The summed E-state index contributed by atoms with van der Waals surface area (Å²) in [5.74, 6) is 0.266. The van der Waals surface area contributed by atoms with Gasteiger partial charge in [0.25, 0.3) is 0 Å². The number of ether oxygens (including phenoxy) is 1. The van der Waals surface area contributed by atoms with Crippen molar-refractivity contribution in [2.75, 3.05) is 26.3 Å². The number of aliphatic hydroxyl groups excluding tert-OH is 1. The van der Waals surface area contributed by atoms with Gasteiger partial charge in [-0.25, -0.2) is 4.79 Å². The molecule has 8 heteroatoms. The summed E-state index contributed by atoms with van der Waals surface area (Å²) >= 11 is 0. The molecule has 5 aliphatic rings. The van der Waals surface area contributed by atoms with E-state index in [4.69, 9.17) is 14.3 Å². The summed E-state index contributed by atoms with van der Waals surface area (Å²) in [5.41, 5.74) is -2.15. The van der Waals surface area contributed by atoms with Crippen molar-refractivity contribution >= 4 is 6.21 Å². The second kappa shape index (κ2) is 8.65. The third kappa shape index (κ3) is 3.47. The van der Waals surface area contributed by atoms with Crippen LogP contribution in [0.5, 0.6) is 0 Å². The van der Waals surface area contributed by atoms with Gasteiger partial charge in [0.05, 0.1) is 49.9 Å². The fourth-order valence-corrected chi connectivity index (χ4v) is 9.13. The molecule has 1 aliphatic heterocycles. The molecule has 0 spiro atoms. The highest BCUT2D eigenvalue weighted by molar-refractivity contribution is 5.69. The third-order valence-corrected chi connectivity index (χ3v) is 11.1. The highest BCUT2D eigenvalue weighted by atomic mass is 16.5. The van der Waals surface area contributed by atoms with E-state index in [0.29, 0.717) is 45.3 Å². The molecule has 8 atom stereocenters. The highest BCUT2D eigenvalue weighted by Crippen LogP contribution is 2.71. The van der Waals surface area contributed by atoms with Gasteiger partial charge in [0.15, 0.2) is 0 Å². The van der Waals surface area contributed by atoms with Crippen molar-refractivity contribution in [2.45, 2.75) is 87.9 Å². The lowest BCUT2D eigenvalue weighted by atomic mass is 9.41. The molecule has 3 N–H and O–H groups in total. The monoisotopic (exact) mass is 500 g/mol. The summed E-state index contributed by atoms with van der Waals surface area (Å²) in [4.78, 5) is 11.6. The second-order valence-corrected chi connectivity index (χ2v) is 12.4. The zero-order chi connectivity index (χ0) is 25.2. The second-order valence-electron chi connectivity index (χ2n) is 12.4.